The summed E-state index contributed by atoms with van der Waals surface area (Å²) in [5, 5.41) is 5.17. The first kappa shape index (κ1) is 25.1. The number of hydrazone groups is 1. The summed E-state index contributed by atoms with van der Waals surface area (Å²) in [6.45, 7) is 3.08. The molecule has 0 saturated heterocycles. The van der Waals surface area contributed by atoms with Crippen LogP contribution >= 0.6 is 34.8 Å². The minimum atomic E-state index is -4.05. The van der Waals surface area contributed by atoms with Crippen LogP contribution in [0.2, 0.25) is 15.1 Å². The van der Waals surface area contributed by atoms with E-state index in [4.69, 9.17) is 34.8 Å². The molecule has 1 amide bonds. The summed E-state index contributed by atoms with van der Waals surface area (Å²) in [5.41, 5.74) is 4.73. The molecule has 0 atom stereocenters. The van der Waals surface area contributed by atoms with E-state index in [9.17, 15) is 13.2 Å². The third-order valence-electron chi connectivity index (χ3n) is 4.68. The van der Waals surface area contributed by atoms with E-state index in [1.165, 1.54) is 18.3 Å². The molecule has 10 heteroatoms. The molecule has 6 nitrogen and oxygen atoms in total. The second kappa shape index (κ2) is 10.6. The van der Waals surface area contributed by atoms with Gasteiger partial charge in [-0.15, -0.1) is 0 Å². The van der Waals surface area contributed by atoms with Crippen LogP contribution in [0.5, 0.6) is 0 Å². The highest BCUT2D eigenvalue weighted by Crippen LogP contribution is 2.29. The number of hydrogen-bond acceptors (Lipinski definition) is 4. The Morgan fingerprint density at radius 1 is 0.970 bits per heavy atom. The molecular formula is C23H20Cl3N3O3S. The third-order valence-corrected chi connectivity index (χ3v) is 7.25. The van der Waals surface area contributed by atoms with Crippen LogP contribution in [-0.2, 0) is 14.8 Å². The fraction of sp³-hybridized carbons (Fsp3) is 0.130. The van der Waals surface area contributed by atoms with Gasteiger partial charge in [-0.05, 0) is 61.9 Å². The minimum Gasteiger partial charge on any atom is -0.271 e. The molecule has 3 aromatic rings. The number of sulfonamides is 1. The van der Waals surface area contributed by atoms with Crippen molar-refractivity contribution < 1.29 is 13.2 Å². The number of aryl methyl sites for hydroxylation is 2. The standard InChI is InChI=1S/C23H20Cl3N3O3S/c1-15-3-8-20(9-4-15)33(31,32)29(22-10-7-18(24)11-16(22)2)14-23(30)28-27-13-17-5-6-19(25)12-21(17)26/h3-13H,14H2,1-2H3,(H,28,30)/b27-13+. The number of anilines is 1. The van der Waals surface area contributed by atoms with E-state index in [0.717, 1.165) is 9.87 Å². The van der Waals surface area contributed by atoms with Crippen LogP contribution in [0.15, 0.2) is 70.7 Å². The number of carbonyl (C=O) groups excluding carboxylic acids is 1. The molecule has 0 saturated carbocycles. The Balaban J connectivity index is 1.88. The smallest absolute Gasteiger partial charge is 0.264 e. The van der Waals surface area contributed by atoms with Crippen LogP contribution < -0.4 is 9.73 Å². The molecule has 0 aliphatic heterocycles. The minimum absolute atomic E-state index is 0.0618. The molecule has 0 fully saturated rings. The molecule has 33 heavy (non-hydrogen) atoms. The quantitative estimate of drug-likeness (QED) is 0.322. The zero-order chi connectivity index (χ0) is 24.2. The van der Waals surface area contributed by atoms with Crippen molar-refractivity contribution in [1.29, 1.82) is 0 Å². The Hall–Kier alpha value is -2.58. The van der Waals surface area contributed by atoms with E-state index in [-0.39, 0.29) is 4.90 Å². The van der Waals surface area contributed by atoms with Crippen molar-refractivity contribution in [1.82, 2.24) is 5.43 Å². The summed E-state index contributed by atoms with van der Waals surface area (Å²) in [6.07, 6.45) is 1.35. The van der Waals surface area contributed by atoms with Crippen molar-refractivity contribution >= 4 is 62.6 Å². The Labute approximate surface area is 207 Å². The average molecular weight is 525 g/mol. The van der Waals surface area contributed by atoms with Gasteiger partial charge in [0.15, 0.2) is 0 Å². The van der Waals surface area contributed by atoms with Gasteiger partial charge in [-0.3, -0.25) is 9.10 Å². The van der Waals surface area contributed by atoms with Crippen molar-refractivity contribution in [3.63, 3.8) is 0 Å². The zero-order valence-electron chi connectivity index (χ0n) is 17.7. The van der Waals surface area contributed by atoms with Crippen molar-refractivity contribution in [2.24, 2.45) is 5.10 Å². The molecule has 0 radical (unpaired) electrons. The maximum Gasteiger partial charge on any atom is 0.264 e. The van der Waals surface area contributed by atoms with Gasteiger partial charge in [-0.25, -0.2) is 13.8 Å². The van der Waals surface area contributed by atoms with Gasteiger partial charge >= 0.3 is 0 Å². The first-order chi connectivity index (χ1) is 15.6. The van der Waals surface area contributed by atoms with Crippen molar-refractivity contribution in [2.75, 3.05) is 10.8 Å². The number of rotatable bonds is 7. The lowest BCUT2D eigenvalue weighted by atomic mass is 10.2. The third kappa shape index (κ3) is 6.26. The maximum absolute atomic E-state index is 13.4. The van der Waals surface area contributed by atoms with Gasteiger partial charge < -0.3 is 0 Å². The van der Waals surface area contributed by atoms with Gasteiger partial charge in [0.05, 0.1) is 21.8 Å². The number of amides is 1. The second-order valence-electron chi connectivity index (χ2n) is 7.21. The molecule has 0 spiro atoms. The Morgan fingerprint density at radius 2 is 1.61 bits per heavy atom. The highest BCUT2D eigenvalue weighted by molar-refractivity contribution is 7.92. The van der Waals surface area contributed by atoms with Gasteiger partial charge in [0, 0.05) is 15.6 Å². The predicted molar refractivity (Wildman–Crippen MR) is 134 cm³/mol. The first-order valence-corrected chi connectivity index (χ1v) is 12.3. The molecular weight excluding hydrogens is 505 g/mol. The number of halogens is 3. The molecule has 0 heterocycles. The van der Waals surface area contributed by atoms with Crippen molar-refractivity contribution in [3.8, 4) is 0 Å². The van der Waals surface area contributed by atoms with Crippen LogP contribution in [0.4, 0.5) is 5.69 Å². The van der Waals surface area contributed by atoms with Crippen LogP contribution in [0.25, 0.3) is 0 Å². The Kier molecular flexibility index (Phi) is 8.02. The molecule has 0 aliphatic rings. The molecule has 0 bridgehead atoms. The molecule has 3 rings (SSSR count). The Morgan fingerprint density at radius 3 is 2.24 bits per heavy atom. The lowest BCUT2D eigenvalue weighted by Crippen LogP contribution is -2.40. The fourth-order valence-electron chi connectivity index (χ4n) is 2.98. The van der Waals surface area contributed by atoms with Gasteiger partial charge in [-0.1, -0.05) is 58.6 Å². The largest absolute Gasteiger partial charge is 0.271 e. The highest BCUT2D eigenvalue weighted by Gasteiger charge is 2.28. The molecule has 1 N–H and O–H groups in total. The molecule has 0 unspecified atom stereocenters. The molecule has 0 aromatic heterocycles. The van der Waals surface area contributed by atoms with E-state index in [1.54, 1.807) is 55.5 Å². The van der Waals surface area contributed by atoms with Crippen LogP contribution in [0.3, 0.4) is 0 Å². The number of hydrogen-bond donors (Lipinski definition) is 1. The predicted octanol–water partition coefficient (Wildman–Crippen LogP) is 5.61. The summed E-state index contributed by atoms with van der Waals surface area (Å²) in [6, 6.07) is 16.0. The van der Waals surface area contributed by atoms with E-state index >= 15 is 0 Å². The summed E-state index contributed by atoms with van der Waals surface area (Å²) >= 11 is 18.0. The van der Waals surface area contributed by atoms with Crippen LogP contribution in [-0.4, -0.2) is 27.1 Å². The van der Waals surface area contributed by atoms with Gasteiger partial charge in [0.25, 0.3) is 15.9 Å². The van der Waals surface area contributed by atoms with Crippen LogP contribution in [0.1, 0.15) is 16.7 Å². The Bertz CT molecular complexity index is 1310. The fourth-order valence-corrected chi connectivity index (χ4v) is 5.15. The summed E-state index contributed by atoms with van der Waals surface area (Å²) in [4.78, 5) is 12.7. The topological polar surface area (TPSA) is 78.8 Å². The number of carbonyl (C=O) groups is 1. The summed E-state index contributed by atoms with van der Waals surface area (Å²) < 4.78 is 27.9. The zero-order valence-corrected chi connectivity index (χ0v) is 20.8. The van der Waals surface area contributed by atoms with Gasteiger partial charge in [0.1, 0.15) is 6.54 Å². The van der Waals surface area contributed by atoms with Gasteiger partial charge in [-0.2, -0.15) is 5.10 Å². The van der Waals surface area contributed by atoms with Crippen molar-refractivity contribution in [2.45, 2.75) is 18.7 Å². The van der Waals surface area contributed by atoms with Crippen molar-refractivity contribution in [3.05, 3.63) is 92.4 Å². The van der Waals surface area contributed by atoms with Gasteiger partial charge in [0.2, 0.25) is 0 Å². The molecule has 0 aliphatic carbocycles. The normalized spacial score (nSPS) is 11.5. The lowest BCUT2D eigenvalue weighted by molar-refractivity contribution is -0.119. The number of nitrogens with one attached hydrogen (secondary N) is 1. The van der Waals surface area contributed by atoms with E-state index < -0.39 is 22.5 Å². The number of nitrogens with zero attached hydrogens (tertiary/aromatic N) is 2. The monoisotopic (exact) mass is 523 g/mol. The summed E-state index contributed by atoms with van der Waals surface area (Å²) in [7, 11) is -4.05. The van der Waals surface area contributed by atoms with E-state index in [0.29, 0.717) is 31.9 Å². The molecule has 3 aromatic carbocycles. The van der Waals surface area contributed by atoms with E-state index in [2.05, 4.69) is 10.5 Å². The first-order valence-electron chi connectivity index (χ1n) is 9.70. The maximum atomic E-state index is 13.4. The highest BCUT2D eigenvalue weighted by atomic mass is 35.5. The molecule has 172 valence electrons. The second-order valence-corrected chi connectivity index (χ2v) is 10.4. The summed E-state index contributed by atoms with van der Waals surface area (Å²) in [5.74, 6) is -0.638. The van der Waals surface area contributed by atoms with E-state index in [1.807, 2.05) is 6.92 Å². The average Bonchev–Trinajstić information content (AvgIpc) is 2.74. The SMILES string of the molecule is Cc1ccc(S(=O)(=O)N(CC(=O)N/N=C/c2ccc(Cl)cc2Cl)c2ccc(Cl)cc2C)cc1. The van der Waals surface area contributed by atoms with Crippen LogP contribution in [0, 0.1) is 13.8 Å². The lowest BCUT2D eigenvalue weighted by Gasteiger charge is -2.25. The number of benzene rings is 3.